The van der Waals surface area contributed by atoms with Crippen LogP contribution in [0.2, 0.25) is 0 Å². The van der Waals surface area contributed by atoms with E-state index in [1.54, 1.807) is 13.2 Å². The van der Waals surface area contributed by atoms with E-state index in [-0.39, 0.29) is 11.9 Å². The van der Waals surface area contributed by atoms with Crippen molar-refractivity contribution < 1.29 is 23.1 Å². The highest BCUT2D eigenvalue weighted by Crippen LogP contribution is 2.19. The van der Waals surface area contributed by atoms with Gasteiger partial charge in [0.25, 0.3) is 0 Å². The average Bonchev–Trinajstić information content (AvgIpc) is 2.02. The highest BCUT2D eigenvalue weighted by molar-refractivity contribution is 7.99. The highest BCUT2D eigenvalue weighted by Gasteiger charge is 2.32. The molecule has 7 heteroatoms. The second kappa shape index (κ2) is 6.22. The molecule has 0 aliphatic rings. The first-order valence-corrected chi connectivity index (χ1v) is 5.58. The minimum Gasteiger partial charge on any atom is -0.395 e. The molecular formula is C8H14F3NO2S. The van der Waals surface area contributed by atoms with Crippen LogP contribution in [0, 0.1) is 0 Å². The zero-order chi connectivity index (χ0) is 12.1. The fourth-order valence-corrected chi connectivity index (χ4v) is 1.64. The molecule has 0 bridgehead atoms. The first kappa shape index (κ1) is 14.6. The van der Waals surface area contributed by atoms with Crippen LogP contribution in [-0.2, 0) is 4.79 Å². The van der Waals surface area contributed by atoms with E-state index in [2.05, 4.69) is 5.32 Å². The molecule has 2 N–H and O–H groups in total. The fraction of sp³-hybridized carbons (Fsp3) is 0.875. The van der Waals surface area contributed by atoms with Crippen LogP contribution in [0.3, 0.4) is 0 Å². The van der Waals surface area contributed by atoms with Gasteiger partial charge in [-0.2, -0.15) is 24.9 Å². The van der Waals surface area contributed by atoms with Gasteiger partial charge in [-0.1, -0.05) is 0 Å². The molecule has 1 amide bonds. The number of rotatable bonds is 5. The molecule has 2 unspecified atom stereocenters. The number of carbonyl (C=O) groups excluding carboxylic acids is 1. The van der Waals surface area contributed by atoms with E-state index in [9.17, 15) is 18.0 Å². The molecule has 90 valence electrons. The lowest BCUT2D eigenvalue weighted by molar-refractivity contribution is -0.154. The summed E-state index contributed by atoms with van der Waals surface area (Å²) in [5.41, 5.74) is 0. The SMILES string of the molecule is CSC(CO)C(C)NC(=O)CC(F)(F)F. The smallest absolute Gasteiger partial charge is 0.395 e. The summed E-state index contributed by atoms with van der Waals surface area (Å²) in [6, 6.07) is -0.486. The first-order chi connectivity index (χ1) is 6.80. The summed E-state index contributed by atoms with van der Waals surface area (Å²) in [4.78, 5) is 10.9. The maximum absolute atomic E-state index is 11.8. The van der Waals surface area contributed by atoms with E-state index >= 15 is 0 Å². The lowest BCUT2D eigenvalue weighted by atomic mass is 10.2. The van der Waals surface area contributed by atoms with Gasteiger partial charge in [-0.05, 0) is 13.2 Å². The monoisotopic (exact) mass is 245 g/mol. The third-order valence-corrected chi connectivity index (χ3v) is 2.95. The van der Waals surface area contributed by atoms with Crippen LogP contribution >= 0.6 is 11.8 Å². The Balaban J connectivity index is 4.06. The van der Waals surface area contributed by atoms with Crippen molar-refractivity contribution in [3.05, 3.63) is 0 Å². The van der Waals surface area contributed by atoms with Gasteiger partial charge in [0, 0.05) is 11.3 Å². The Morgan fingerprint density at radius 3 is 2.40 bits per heavy atom. The number of amides is 1. The van der Waals surface area contributed by atoms with Crippen molar-refractivity contribution in [2.75, 3.05) is 12.9 Å². The molecule has 0 heterocycles. The van der Waals surface area contributed by atoms with Gasteiger partial charge >= 0.3 is 6.18 Å². The molecule has 0 aromatic heterocycles. The molecule has 0 radical (unpaired) electrons. The van der Waals surface area contributed by atoms with Gasteiger partial charge in [0.15, 0.2) is 0 Å². The van der Waals surface area contributed by atoms with Crippen molar-refractivity contribution in [2.45, 2.75) is 30.8 Å². The zero-order valence-corrected chi connectivity index (χ0v) is 9.28. The Bertz CT molecular complexity index is 207. The second-order valence-electron chi connectivity index (χ2n) is 3.10. The molecule has 0 rings (SSSR count). The van der Waals surface area contributed by atoms with E-state index < -0.39 is 24.5 Å². The predicted octanol–water partition coefficient (Wildman–Crippen LogP) is 1.17. The van der Waals surface area contributed by atoms with Gasteiger partial charge in [0.1, 0.15) is 6.42 Å². The van der Waals surface area contributed by atoms with Crippen molar-refractivity contribution in [1.82, 2.24) is 5.32 Å². The van der Waals surface area contributed by atoms with Crippen molar-refractivity contribution in [3.63, 3.8) is 0 Å². The van der Waals surface area contributed by atoms with Gasteiger partial charge < -0.3 is 10.4 Å². The number of aliphatic hydroxyl groups is 1. The third kappa shape index (κ3) is 6.62. The minimum atomic E-state index is -4.49. The van der Waals surface area contributed by atoms with Crippen LogP contribution in [0.5, 0.6) is 0 Å². The summed E-state index contributed by atoms with van der Waals surface area (Å²) in [6.07, 6.45) is -4.25. The highest BCUT2D eigenvalue weighted by atomic mass is 32.2. The number of thioether (sulfide) groups is 1. The van der Waals surface area contributed by atoms with Crippen molar-refractivity contribution in [1.29, 1.82) is 0 Å². The van der Waals surface area contributed by atoms with Crippen molar-refractivity contribution >= 4 is 17.7 Å². The maximum atomic E-state index is 11.8. The topological polar surface area (TPSA) is 49.3 Å². The summed E-state index contributed by atoms with van der Waals surface area (Å²) < 4.78 is 35.4. The van der Waals surface area contributed by atoms with Crippen LogP contribution in [0.15, 0.2) is 0 Å². The molecule has 2 atom stereocenters. The Morgan fingerprint density at radius 1 is 1.53 bits per heavy atom. The Labute approximate surface area is 90.4 Å². The van der Waals surface area contributed by atoms with E-state index in [1.165, 1.54) is 11.8 Å². The molecular weight excluding hydrogens is 231 g/mol. The second-order valence-corrected chi connectivity index (χ2v) is 4.18. The largest absolute Gasteiger partial charge is 0.397 e. The lowest BCUT2D eigenvalue weighted by Crippen LogP contribution is -2.42. The zero-order valence-electron chi connectivity index (χ0n) is 8.47. The number of aliphatic hydroxyl groups excluding tert-OH is 1. The van der Waals surface area contributed by atoms with Gasteiger partial charge in [-0.3, -0.25) is 4.79 Å². The fourth-order valence-electron chi connectivity index (χ4n) is 1.02. The predicted molar refractivity (Wildman–Crippen MR) is 52.7 cm³/mol. The van der Waals surface area contributed by atoms with Crippen molar-refractivity contribution in [3.8, 4) is 0 Å². The number of hydrogen-bond donors (Lipinski definition) is 2. The Hall–Kier alpha value is -0.430. The molecule has 0 aromatic carbocycles. The summed E-state index contributed by atoms with van der Waals surface area (Å²) in [5, 5.41) is 10.8. The molecule has 0 saturated carbocycles. The summed E-state index contributed by atoms with van der Waals surface area (Å²) >= 11 is 1.29. The maximum Gasteiger partial charge on any atom is 0.397 e. The number of alkyl halides is 3. The number of nitrogens with one attached hydrogen (secondary N) is 1. The molecule has 0 spiro atoms. The number of halogens is 3. The van der Waals surface area contributed by atoms with Crippen LogP contribution in [0.25, 0.3) is 0 Å². The van der Waals surface area contributed by atoms with Gasteiger partial charge in [0.05, 0.1) is 6.61 Å². The third-order valence-electron chi connectivity index (χ3n) is 1.79. The summed E-state index contributed by atoms with van der Waals surface area (Å²) in [7, 11) is 0. The Morgan fingerprint density at radius 2 is 2.07 bits per heavy atom. The van der Waals surface area contributed by atoms with E-state index in [0.29, 0.717) is 0 Å². The molecule has 0 aliphatic heterocycles. The summed E-state index contributed by atoms with van der Waals surface area (Å²) in [6.45, 7) is 1.38. The van der Waals surface area contributed by atoms with Crippen LogP contribution in [0.4, 0.5) is 13.2 Å². The molecule has 0 aromatic rings. The minimum absolute atomic E-state index is 0.186. The average molecular weight is 245 g/mol. The molecule has 0 aliphatic carbocycles. The van der Waals surface area contributed by atoms with Crippen LogP contribution in [-0.4, -0.2) is 41.3 Å². The molecule has 0 saturated heterocycles. The van der Waals surface area contributed by atoms with Gasteiger partial charge in [-0.15, -0.1) is 0 Å². The number of carbonyl (C=O) groups is 1. The molecule has 0 fully saturated rings. The van der Waals surface area contributed by atoms with E-state index in [4.69, 9.17) is 5.11 Å². The quantitative estimate of drug-likeness (QED) is 0.764. The Kier molecular flexibility index (Phi) is 6.04. The van der Waals surface area contributed by atoms with Gasteiger partial charge in [0.2, 0.25) is 5.91 Å². The first-order valence-electron chi connectivity index (χ1n) is 4.30. The molecule has 3 nitrogen and oxygen atoms in total. The van der Waals surface area contributed by atoms with Gasteiger partial charge in [-0.25, -0.2) is 0 Å². The standard InChI is InChI=1S/C8H14F3NO2S/c1-5(6(4-13)15-2)12-7(14)3-8(9,10)11/h5-6,13H,3-4H2,1-2H3,(H,12,14). The number of hydrogen-bond acceptors (Lipinski definition) is 3. The summed E-state index contributed by atoms with van der Waals surface area (Å²) in [5.74, 6) is -1.07. The van der Waals surface area contributed by atoms with Crippen LogP contribution < -0.4 is 5.32 Å². The normalized spacial score (nSPS) is 15.9. The van der Waals surface area contributed by atoms with Crippen molar-refractivity contribution in [2.24, 2.45) is 0 Å². The van der Waals surface area contributed by atoms with Crippen LogP contribution in [0.1, 0.15) is 13.3 Å². The molecule has 15 heavy (non-hydrogen) atoms. The lowest BCUT2D eigenvalue weighted by Gasteiger charge is -2.21. The van der Waals surface area contributed by atoms with E-state index in [1.807, 2.05) is 0 Å². The van der Waals surface area contributed by atoms with E-state index in [0.717, 1.165) is 0 Å².